The topological polar surface area (TPSA) is 80.1 Å². The quantitative estimate of drug-likeness (QED) is 0.677. The summed E-state index contributed by atoms with van der Waals surface area (Å²) in [7, 11) is 0. The Kier molecular flexibility index (Phi) is 5.36. The molecule has 0 aliphatic heterocycles. The molecule has 2 aromatic rings. The standard InChI is InChI=1S/C16H23N3O2/c1-11(2)21-8-7-18-16(20)14(17)9-12-10-19-15-6-4-3-5-13(12)15/h3-6,10-11,14,19H,7-9,17H2,1-2H3,(H,18,20). The van der Waals surface area contributed by atoms with Gasteiger partial charge in [-0.15, -0.1) is 0 Å². The van der Waals surface area contributed by atoms with Crippen LogP contribution in [-0.4, -0.2) is 36.2 Å². The predicted molar refractivity (Wildman–Crippen MR) is 84.1 cm³/mol. The minimum Gasteiger partial charge on any atom is -0.377 e. The first-order chi connectivity index (χ1) is 10.1. The van der Waals surface area contributed by atoms with Crippen LogP contribution in [0.15, 0.2) is 30.5 Å². The first-order valence-electron chi connectivity index (χ1n) is 7.28. The minimum absolute atomic E-state index is 0.146. The van der Waals surface area contributed by atoms with Gasteiger partial charge in [-0.3, -0.25) is 4.79 Å². The van der Waals surface area contributed by atoms with E-state index in [1.807, 2.05) is 44.3 Å². The fourth-order valence-electron chi connectivity index (χ4n) is 2.23. The van der Waals surface area contributed by atoms with Crippen LogP contribution < -0.4 is 11.1 Å². The Hall–Kier alpha value is -1.85. The van der Waals surface area contributed by atoms with Gasteiger partial charge in [0.1, 0.15) is 0 Å². The number of rotatable bonds is 7. The zero-order valence-electron chi connectivity index (χ0n) is 12.6. The number of carbonyl (C=O) groups is 1. The van der Waals surface area contributed by atoms with Crippen molar-refractivity contribution in [2.45, 2.75) is 32.4 Å². The highest BCUT2D eigenvalue weighted by molar-refractivity contribution is 5.86. The number of amides is 1. The molecule has 5 heteroatoms. The van der Waals surface area contributed by atoms with Crippen LogP contribution in [0.4, 0.5) is 0 Å². The molecular weight excluding hydrogens is 266 g/mol. The summed E-state index contributed by atoms with van der Waals surface area (Å²) in [5, 5.41) is 3.91. The third kappa shape index (κ3) is 4.31. The molecule has 0 saturated carbocycles. The van der Waals surface area contributed by atoms with Gasteiger partial charge < -0.3 is 20.8 Å². The summed E-state index contributed by atoms with van der Waals surface area (Å²) in [5.41, 5.74) is 8.10. The first kappa shape index (κ1) is 15.5. The van der Waals surface area contributed by atoms with Gasteiger partial charge in [-0.1, -0.05) is 18.2 Å². The van der Waals surface area contributed by atoms with Gasteiger partial charge in [0, 0.05) is 23.6 Å². The maximum absolute atomic E-state index is 11.9. The summed E-state index contributed by atoms with van der Waals surface area (Å²) in [6.45, 7) is 4.91. The molecule has 0 radical (unpaired) electrons. The summed E-state index contributed by atoms with van der Waals surface area (Å²) in [6, 6.07) is 7.44. The number of nitrogens with two attached hydrogens (primary N) is 1. The van der Waals surface area contributed by atoms with Crippen molar-refractivity contribution in [3.05, 3.63) is 36.0 Å². The van der Waals surface area contributed by atoms with Gasteiger partial charge in [-0.25, -0.2) is 0 Å². The van der Waals surface area contributed by atoms with E-state index < -0.39 is 6.04 Å². The van der Waals surface area contributed by atoms with Crippen molar-refractivity contribution in [1.29, 1.82) is 0 Å². The molecule has 1 aromatic heterocycles. The number of aromatic nitrogens is 1. The lowest BCUT2D eigenvalue weighted by Gasteiger charge is -2.13. The molecule has 0 saturated heterocycles. The smallest absolute Gasteiger partial charge is 0.237 e. The van der Waals surface area contributed by atoms with E-state index in [1.54, 1.807) is 0 Å². The summed E-state index contributed by atoms with van der Waals surface area (Å²) >= 11 is 0. The molecular formula is C16H23N3O2. The van der Waals surface area contributed by atoms with E-state index in [9.17, 15) is 4.79 Å². The van der Waals surface area contributed by atoms with E-state index >= 15 is 0 Å². The van der Waals surface area contributed by atoms with Crippen molar-refractivity contribution in [2.75, 3.05) is 13.2 Å². The fraction of sp³-hybridized carbons (Fsp3) is 0.438. The van der Waals surface area contributed by atoms with E-state index in [-0.39, 0.29) is 12.0 Å². The Labute approximate surface area is 124 Å². The van der Waals surface area contributed by atoms with E-state index in [0.29, 0.717) is 19.6 Å². The van der Waals surface area contributed by atoms with Crippen LogP contribution in [0.1, 0.15) is 19.4 Å². The van der Waals surface area contributed by atoms with Gasteiger partial charge in [0.05, 0.1) is 18.8 Å². The monoisotopic (exact) mass is 289 g/mol. The van der Waals surface area contributed by atoms with E-state index in [2.05, 4.69) is 10.3 Å². The fourth-order valence-corrected chi connectivity index (χ4v) is 2.23. The molecule has 1 amide bonds. The Morgan fingerprint density at radius 3 is 2.90 bits per heavy atom. The minimum atomic E-state index is -0.553. The van der Waals surface area contributed by atoms with Crippen molar-refractivity contribution in [1.82, 2.24) is 10.3 Å². The summed E-state index contributed by atoms with van der Waals surface area (Å²) in [6.07, 6.45) is 2.60. The van der Waals surface area contributed by atoms with Crippen molar-refractivity contribution in [3.63, 3.8) is 0 Å². The molecule has 4 N–H and O–H groups in total. The van der Waals surface area contributed by atoms with Crippen molar-refractivity contribution < 1.29 is 9.53 Å². The van der Waals surface area contributed by atoms with E-state index in [4.69, 9.17) is 10.5 Å². The van der Waals surface area contributed by atoms with Crippen molar-refractivity contribution in [3.8, 4) is 0 Å². The zero-order valence-corrected chi connectivity index (χ0v) is 12.6. The SMILES string of the molecule is CC(C)OCCNC(=O)C(N)Cc1c[nH]c2ccccc12. The predicted octanol–water partition coefficient (Wildman–Crippen LogP) is 1.58. The highest BCUT2D eigenvalue weighted by Crippen LogP contribution is 2.18. The Morgan fingerprint density at radius 1 is 1.38 bits per heavy atom. The molecule has 1 heterocycles. The van der Waals surface area contributed by atoms with Gasteiger partial charge >= 0.3 is 0 Å². The lowest BCUT2D eigenvalue weighted by molar-refractivity contribution is -0.122. The van der Waals surface area contributed by atoms with E-state index in [1.165, 1.54) is 0 Å². The van der Waals surface area contributed by atoms with Crippen LogP contribution in [0.5, 0.6) is 0 Å². The van der Waals surface area contributed by atoms with Gasteiger partial charge in [0.15, 0.2) is 0 Å². The molecule has 0 aliphatic rings. The number of H-pyrrole nitrogens is 1. The number of para-hydroxylation sites is 1. The molecule has 5 nitrogen and oxygen atoms in total. The second-order valence-electron chi connectivity index (χ2n) is 5.38. The molecule has 0 fully saturated rings. The lowest BCUT2D eigenvalue weighted by Crippen LogP contribution is -2.43. The maximum Gasteiger partial charge on any atom is 0.237 e. The second kappa shape index (κ2) is 7.24. The molecule has 21 heavy (non-hydrogen) atoms. The van der Waals surface area contributed by atoms with Crippen LogP contribution in [0.25, 0.3) is 10.9 Å². The Bertz CT molecular complexity index is 592. The first-order valence-corrected chi connectivity index (χ1v) is 7.28. The molecule has 114 valence electrons. The molecule has 0 aliphatic carbocycles. The Morgan fingerprint density at radius 2 is 2.14 bits per heavy atom. The molecule has 0 bridgehead atoms. The number of hydrogen-bond donors (Lipinski definition) is 3. The number of ether oxygens (including phenoxy) is 1. The second-order valence-corrected chi connectivity index (χ2v) is 5.38. The average Bonchev–Trinajstić information content (AvgIpc) is 2.86. The van der Waals surface area contributed by atoms with Crippen LogP contribution in [-0.2, 0) is 16.0 Å². The number of benzene rings is 1. The van der Waals surface area contributed by atoms with Gasteiger partial charge in [-0.05, 0) is 31.9 Å². The van der Waals surface area contributed by atoms with Gasteiger partial charge in [-0.2, -0.15) is 0 Å². The van der Waals surface area contributed by atoms with Gasteiger partial charge in [0.2, 0.25) is 5.91 Å². The molecule has 1 atom stereocenters. The van der Waals surface area contributed by atoms with Crippen molar-refractivity contribution >= 4 is 16.8 Å². The number of carbonyl (C=O) groups excluding carboxylic acids is 1. The molecule has 1 aromatic carbocycles. The molecule has 0 spiro atoms. The molecule has 2 rings (SSSR count). The van der Waals surface area contributed by atoms with Crippen LogP contribution in [0, 0.1) is 0 Å². The molecule has 1 unspecified atom stereocenters. The highest BCUT2D eigenvalue weighted by Gasteiger charge is 2.15. The zero-order chi connectivity index (χ0) is 15.2. The maximum atomic E-state index is 11.9. The number of hydrogen-bond acceptors (Lipinski definition) is 3. The Balaban J connectivity index is 1.86. The van der Waals surface area contributed by atoms with Crippen LogP contribution in [0.3, 0.4) is 0 Å². The highest BCUT2D eigenvalue weighted by atomic mass is 16.5. The van der Waals surface area contributed by atoms with Crippen LogP contribution in [0.2, 0.25) is 0 Å². The number of fused-ring (bicyclic) bond motifs is 1. The third-order valence-corrected chi connectivity index (χ3v) is 3.30. The summed E-state index contributed by atoms with van der Waals surface area (Å²) < 4.78 is 5.37. The third-order valence-electron chi connectivity index (χ3n) is 3.30. The number of aromatic amines is 1. The van der Waals surface area contributed by atoms with E-state index in [0.717, 1.165) is 16.5 Å². The van der Waals surface area contributed by atoms with Crippen molar-refractivity contribution in [2.24, 2.45) is 5.73 Å². The summed E-state index contributed by atoms with van der Waals surface area (Å²) in [4.78, 5) is 15.1. The lowest BCUT2D eigenvalue weighted by atomic mass is 10.1. The largest absolute Gasteiger partial charge is 0.377 e. The summed E-state index contributed by atoms with van der Waals surface area (Å²) in [5.74, 6) is -0.146. The average molecular weight is 289 g/mol. The normalized spacial score (nSPS) is 12.8. The number of nitrogens with one attached hydrogen (secondary N) is 2. The van der Waals surface area contributed by atoms with Gasteiger partial charge in [0.25, 0.3) is 0 Å². The van der Waals surface area contributed by atoms with Crippen LogP contribution >= 0.6 is 0 Å².